The highest BCUT2D eigenvalue weighted by molar-refractivity contribution is 7.98. The summed E-state index contributed by atoms with van der Waals surface area (Å²) in [6, 6.07) is 8.38. The molecule has 0 radical (unpaired) electrons. The monoisotopic (exact) mass is 263 g/mol. The van der Waals surface area contributed by atoms with Crippen molar-refractivity contribution in [2.75, 3.05) is 18.6 Å². The number of nitrogens with one attached hydrogen (secondary N) is 1. The number of thioether (sulfide) groups is 1. The van der Waals surface area contributed by atoms with Gasteiger partial charge in [-0.1, -0.05) is 19.1 Å². The fourth-order valence-electron chi connectivity index (χ4n) is 2.11. The Hall–Kier alpha value is -1.00. The molecule has 0 fully saturated rings. The molecule has 0 saturated carbocycles. The molecule has 2 rings (SSSR count). The molecule has 0 aliphatic rings. The zero-order chi connectivity index (χ0) is 12.8. The first kappa shape index (κ1) is 13.4. The molecule has 18 heavy (non-hydrogen) atoms. The molecule has 0 amide bonds. The molecule has 0 saturated heterocycles. The standard InChI is InChI=1S/C14H21N3S/c1-3-9-17-13-7-5-4-6-12(13)16-14(17)11-15-8-10-18-2/h4-7,15H,3,8-11H2,1-2H3. The molecule has 1 heterocycles. The van der Waals surface area contributed by atoms with E-state index in [9.17, 15) is 0 Å². The third-order valence-electron chi connectivity index (χ3n) is 2.95. The third kappa shape index (κ3) is 3.06. The first-order valence-corrected chi connectivity index (χ1v) is 7.90. The molecule has 1 N–H and O–H groups in total. The summed E-state index contributed by atoms with van der Waals surface area (Å²) < 4.78 is 2.33. The van der Waals surface area contributed by atoms with Gasteiger partial charge in [-0.05, 0) is 24.8 Å². The van der Waals surface area contributed by atoms with Gasteiger partial charge in [0.1, 0.15) is 5.82 Å². The molecule has 1 aromatic carbocycles. The highest BCUT2D eigenvalue weighted by Gasteiger charge is 2.08. The first-order valence-electron chi connectivity index (χ1n) is 6.50. The second-order valence-corrected chi connectivity index (χ2v) is 5.32. The Morgan fingerprint density at radius 1 is 1.33 bits per heavy atom. The van der Waals surface area contributed by atoms with Crippen LogP contribution >= 0.6 is 11.8 Å². The smallest absolute Gasteiger partial charge is 0.123 e. The van der Waals surface area contributed by atoms with E-state index in [-0.39, 0.29) is 0 Å². The van der Waals surface area contributed by atoms with Crippen LogP contribution in [-0.2, 0) is 13.1 Å². The number of aryl methyl sites for hydroxylation is 1. The number of para-hydroxylation sites is 2. The van der Waals surface area contributed by atoms with E-state index in [1.807, 2.05) is 11.8 Å². The van der Waals surface area contributed by atoms with E-state index in [0.717, 1.165) is 43.1 Å². The van der Waals surface area contributed by atoms with Crippen LogP contribution in [-0.4, -0.2) is 28.1 Å². The second kappa shape index (κ2) is 6.81. The van der Waals surface area contributed by atoms with Gasteiger partial charge >= 0.3 is 0 Å². The number of hydrogen-bond donors (Lipinski definition) is 1. The number of hydrogen-bond acceptors (Lipinski definition) is 3. The summed E-state index contributed by atoms with van der Waals surface area (Å²) in [6.45, 7) is 5.14. The van der Waals surface area contributed by atoms with Gasteiger partial charge in [-0.15, -0.1) is 0 Å². The molecule has 0 aliphatic heterocycles. The number of fused-ring (bicyclic) bond motifs is 1. The molecule has 3 nitrogen and oxygen atoms in total. The Bertz CT molecular complexity index is 493. The van der Waals surface area contributed by atoms with Crippen LogP contribution in [0.3, 0.4) is 0 Å². The maximum Gasteiger partial charge on any atom is 0.123 e. The minimum atomic E-state index is 0.856. The van der Waals surface area contributed by atoms with Gasteiger partial charge in [0.2, 0.25) is 0 Å². The summed E-state index contributed by atoms with van der Waals surface area (Å²) >= 11 is 1.87. The van der Waals surface area contributed by atoms with Gasteiger partial charge < -0.3 is 9.88 Å². The van der Waals surface area contributed by atoms with Crippen LogP contribution < -0.4 is 5.32 Å². The van der Waals surface area contributed by atoms with E-state index in [4.69, 9.17) is 4.98 Å². The van der Waals surface area contributed by atoms with Crippen LogP contribution in [0.15, 0.2) is 24.3 Å². The SMILES string of the molecule is CCCn1c(CNCCSC)nc2ccccc21. The third-order valence-corrected chi connectivity index (χ3v) is 3.56. The topological polar surface area (TPSA) is 29.9 Å². The Labute approximate surface area is 113 Å². The van der Waals surface area contributed by atoms with Gasteiger partial charge in [-0.25, -0.2) is 4.98 Å². The molecule has 0 bridgehead atoms. The lowest BCUT2D eigenvalue weighted by atomic mass is 10.3. The van der Waals surface area contributed by atoms with E-state index in [2.05, 4.69) is 47.3 Å². The summed E-state index contributed by atoms with van der Waals surface area (Å²) in [7, 11) is 0. The number of aromatic nitrogens is 2. The zero-order valence-corrected chi connectivity index (χ0v) is 12.0. The van der Waals surface area contributed by atoms with E-state index in [1.54, 1.807) is 0 Å². The van der Waals surface area contributed by atoms with Gasteiger partial charge in [-0.2, -0.15) is 11.8 Å². The average molecular weight is 263 g/mol. The van der Waals surface area contributed by atoms with Crippen LogP contribution in [0.25, 0.3) is 11.0 Å². The van der Waals surface area contributed by atoms with Crippen molar-refractivity contribution in [1.82, 2.24) is 14.9 Å². The molecule has 98 valence electrons. The van der Waals surface area contributed by atoms with E-state index < -0.39 is 0 Å². The van der Waals surface area contributed by atoms with Crippen LogP contribution in [0.5, 0.6) is 0 Å². The van der Waals surface area contributed by atoms with Crippen molar-refractivity contribution in [3.63, 3.8) is 0 Å². The number of rotatable bonds is 7. The fraction of sp³-hybridized carbons (Fsp3) is 0.500. The van der Waals surface area contributed by atoms with Gasteiger partial charge in [0.05, 0.1) is 17.6 Å². The van der Waals surface area contributed by atoms with Crippen molar-refractivity contribution in [2.24, 2.45) is 0 Å². The number of imidazole rings is 1. The van der Waals surface area contributed by atoms with Crippen molar-refractivity contribution < 1.29 is 0 Å². The molecule has 0 atom stereocenters. The molecule has 0 aliphatic carbocycles. The van der Waals surface area contributed by atoms with Gasteiger partial charge in [0.25, 0.3) is 0 Å². The summed E-state index contributed by atoms with van der Waals surface area (Å²) in [5.74, 6) is 2.30. The molecule has 1 aromatic heterocycles. The largest absolute Gasteiger partial charge is 0.327 e. The van der Waals surface area contributed by atoms with Crippen LogP contribution in [0.4, 0.5) is 0 Å². The summed E-state index contributed by atoms with van der Waals surface area (Å²) in [6.07, 6.45) is 3.27. The maximum atomic E-state index is 4.72. The molecule has 0 spiro atoms. The van der Waals surface area contributed by atoms with Gasteiger partial charge in [-0.3, -0.25) is 0 Å². The normalized spacial score (nSPS) is 11.2. The average Bonchev–Trinajstić information content (AvgIpc) is 2.74. The molecular formula is C14H21N3S. The minimum Gasteiger partial charge on any atom is -0.327 e. The molecule has 2 aromatic rings. The van der Waals surface area contributed by atoms with Crippen LogP contribution in [0.2, 0.25) is 0 Å². The minimum absolute atomic E-state index is 0.856. The molecule has 4 heteroatoms. The second-order valence-electron chi connectivity index (χ2n) is 4.34. The van der Waals surface area contributed by atoms with Crippen LogP contribution in [0, 0.1) is 0 Å². The fourth-order valence-corrected chi connectivity index (χ4v) is 2.46. The quantitative estimate of drug-likeness (QED) is 0.779. The zero-order valence-electron chi connectivity index (χ0n) is 11.1. The van der Waals surface area contributed by atoms with E-state index >= 15 is 0 Å². The van der Waals surface area contributed by atoms with E-state index in [0.29, 0.717) is 0 Å². The Balaban J connectivity index is 2.17. The van der Waals surface area contributed by atoms with Crippen molar-refractivity contribution in [3.05, 3.63) is 30.1 Å². The highest BCUT2D eigenvalue weighted by atomic mass is 32.2. The number of nitrogens with zero attached hydrogens (tertiary/aromatic N) is 2. The summed E-state index contributed by atoms with van der Waals surface area (Å²) in [5, 5.41) is 3.46. The van der Waals surface area contributed by atoms with Gasteiger partial charge in [0, 0.05) is 18.8 Å². The van der Waals surface area contributed by atoms with Crippen LogP contribution in [0.1, 0.15) is 19.2 Å². The summed E-state index contributed by atoms with van der Waals surface area (Å²) in [5.41, 5.74) is 2.36. The molecule has 0 unspecified atom stereocenters. The highest BCUT2D eigenvalue weighted by Crippen LogP contribution is 2.16. The van der Waals surface area contributed by atoms with E-state index in [1.165, 1.54) is 5.52 Å². The molecular weight excluding hydrogens is 242 g/mol. The van der Waals surface area contributed by atoms with Crippen molar-refractivity contribution >= 4 is 22.8 Å². The lowest BCUT2D eigenvalue weighted by Gasteiger charge is -2.08. The maximum absolute atomic E-state index is 4.72. The predicted molar refractivity (Wildman–Crippen MR) is 80.1 cm³/mol. The Kier molecular flexibility index (Phi) is 5.08. The van der Waals surface area contributed by atoms with Crippen molar-refractivity contribution in [1.29, 1.82) is 0 Å². The first-order chi connectivity index (χ1) is 8.86. The summed E-state index contributed by atoms with van der Waals surface area (Å²) in [4.78, 5) is 4.72. The van der Waals surface area contributed by atoms with Crippen molar-refractivity contribution in [2.45, 2.75) is 26.4 Å². The van der Waals surface area contributed by atoms with Gasteiger partial charge in [0.15, 0.2) is 0 Å². The Morgan fingerprint density at radius 3 is 2.94 bits per heavy atom. The number of benzene rings is 1. The van der Waals surface area contributed by atoms with Crippen molar-refractivity contribution in [3.8, 4) is 0 Å². The predicted octanol–water partition coefficient (Wildman–Crippen LogP) is 2.90. The lowest BCUT2D eigenvalue weighted by molar-refractivity contribution is 0.611. The Morgan fingerprint density at radius 2 is 2.17 bits per heavy atom. The lowest BCUT2D eigenvalue weighted by Crippen LogP contribution is -2.19.